The van der Waals surface area contributed by atoms with E-state index in [4.69, 9.17) is 23.2 Å². The van der Waals surface area contributed by atoms with E-state index < -0.39 is 5.97 Å². The second kappa shape index (κ2) is 12.8. The Morgan fingerprint density at radius 3 is 1.70 bits per heavy atom. The molecule has 0 atom stereocenters. The van der Waals surface area contributed by atoms with Gasteiger partial charge in [-0.15, -0.1) is 23.2 Å². The highest BCUT2D eigenvalue weighted by atomic mass is 35.5. The van der Waals surface area contributed by atoms with Crippen molar-refractivity contribution in [3.63, 3.8) is 0 Å². The first-order valence-corrected chi connectivity index (χ1v) is 6.74. The maximum atomic E-state index is 10.8. The minimum atomic E-state index is -0.552. The number of carbonyl (C=O) groups is 4. The molecule has 114 valence electrons. The highest BCUT2D eigenvalue weighted by Gasteiger charge is 2.08. The molecule has 0 fully saturated rings. The molecule has 0 N–H and O–H groups in total. The predicted octanol–water partition coefficient (Wildman–Crippen LogP) is 2.08. The molecule has 0 aromatic carbocycles. The second-order valence-electron chi connectivity index (χ2n) is 4.02. The van der Waals surface area contributed by atoms with Gasteiger partial charge in [-0.25, -0.2) is 0 Å². The van der Waals surface area contributed by atoms with Crippen LogP contribution in [0, 0.1) is 0 Å². The fraction of sp³-hybridized carbons (Fsp3) is 0.538. The molecule has 0 aliphatic rings. The Bertz CT molecular complexity index is 377. The van der Waals surface area contributed by atoms with Gasteiger partial charge in [0.2, 0.25) is 0 Å². The van der Waals surface area contributed by atoms with E-state index in [1.54, 1.807) is 6.92 Å². The second-order valence-corrected chi connectivity index (χ2v) is 4.55. The minimum Gasteiger partial charge on any atom is -0.461 e. The molecule has 0 aromatic rings. The molecule has 0 aliphatic heterocycles. The van der Waals surface area contributed by atoms with E-state index in [0.29, 0.717) is 0 Å². The van der Waals surface area contributed by atoms with Gasteiger partial charge in [0.1, 0.15) is 18.8 Å². The predicted molar refractivity (Wildman–Crippen MR) is 77.1 cm³/mol. The van der Waals surface area contributed by atoms with Crippen molar-refractivity contribution in [2.75, 3.05) is 18.4 Å². The van der Waals surface area contributed by atoms with E-state index in [1.165, 1.54) is 6.92 Å². The first-order valence-electron chi connectivity index (χ1n) is 5.67. The lowest BCUT2D eigenvalue weighted by Gasteiger charge is -2.01. The number of alkyl halides is 2. The van der Waals surface area contributed by atoms with Crippen LogP contribution >= 0.6 is 23.2 Å². The molecule has 0 unspecified atom stereocenters. The van der Waals surface area contributed by atoms with E-state index in [1.807, 2.05) is 0 Å². The molecular formula is C13H18Cl2O5. The SMILES string of the molecule is C=C(C)COC(=O)CC(=O)CCl.CC(=O)CC(=O)CCl. The van der Waals surface area contributed by atoms with Crippen molar-refractivity contribution in [1.82, 2.24) is 0 Å². The van der Waals surface area contributed by atoms with E-state index >= 15 is 0 Å². The Labute approximate surface area is 128 Å². The summed E-state index contributed by atoms with van der Waals surface area (Å²) in [5.74, 6) is -1.43. The molecule has 0 bridgehead atoms. The van der Waals surface area contributed by atoms with Crippen LogP contribution in [0.5, 0.6) is 0 Å². The summed E-state index contributed by atoms with van der Waals surface area (Å²) >= 11 is 10.3. The van der Waals surface area contributed by atoms with Crippen molar-refractivity contribution in [2.24, 2.45) is 0 Å². The lowest BCUT2D eigenvalue weighted by atomic mass is 10.2. The van der Waals surface area contributed by atoms with Crippen molar-refractivity contribution < 1.29 is 23.9 Å². The van der Waals surface area contributed by atoms with Gasteiger partial charge in [-0.2, -0.15) is 0 Å². The van der Waals surface area contributed by atoms with Gasteiger partial charge in [-0.1, -0.05) is 6.58 Å². The van der Waals surface area contributed by atoms with Crippen molar-refractivity contribution in [3.8, 4) is 0 Å². The van der Waals surface area contributed by atoms with Gasteiger partial charge in [0.15, 0.2) is 11.6 Å². The largest absolute Gasteiger partial charge is 0.461 e. The van der Waals surface area contributed by atoms with Crippen molar-refractivity contribution in [2.45, 2.75) is 26.7 Å². The minimum absolute atomic E-state index is 0.0243. The molecule has 0 saturated carbocycles. The van der Waals surface area contributed by atoms with Crippen LogP contribution < -0.4 is 0 Å². The average molecular weight is 325 g/mol. The van der Waals surface area contributed by atoms with Crippen LogP contribution in [-0.2, 0) is 23.9 Å². The summed E-state index contributed by atoms with van der Waals surface area (Å²) in [5.41, 5.74) is 0.738. The number of hydrogen-bond acceptors (Lipinski definition) is 5. The molecule has 0 aliphatic carbocycles. The summed E-state index contributed by atoms with van der Waals surface area (Å²) in [7, 11) is 0. The fourth-order valence-electron chi connectivity index (χ4n) is 0.788. The number of hydrogen-bond donors (Lipinski definition) is 0. The van der Waals surface area contributed by atoms with Crippen LogP contribution in [0.2, 0.25) is 0 Å². The van der Waals surface area contributed by atoms with Crippen molar-refractivity contribution >= 4 is 46.5 Å². The number of esters is 1. The third-order valence-electron chi connectivity index (χ3n) is 1.57. The smallest absolute Gasteiger partial charge is 0.313 e. The van der Waals surface area contributed by atoms with Crippen molar-refractivity contribution in [3.05, 3.63) is 12.2 Å². The first-order chi connectivity index (χ1) is 9.22. The lowest BCUT2D eigenvalue weighted by Crippen LogP contribution is -2.12. The Balaban J connectivity index is 0. The summed E-state index contributed by atoms with van der Waals surface area (Å²) in [5, 5.41) is 0. The van der Waals surface area contributed by atoms with Crippen LogP contribution in [-0.4, -0.2) is 41.7 Å². The standard InChI is InChI=1S/C8H11ClO3.C5H7ClO2/c1-6(2)5-12-8(11)3-7(10)4-9;1-4(7)2-5(8)3-6/h1,3-5H2,2H3;2-3H2,1H3. The normalized spacial score (nSPS) is 9.00. The number of halogens is 2. The third-order valence-corrected chi connectivity index (χ3v) is 2.16. The van der Waals surface area contributed by atoms with Gasteiger partial charge >= 0.3 is 5.97 Å². The Morgan fingerprint density at radius 2 is 1.40 bits per heavy atom. The topological polar surface area (TPSA) is 77.5 Å². The molecule has 0 spiro atoms. The fourth-order valence-corrected chi connectivity index (χ4v) is 0.977. The molecule has 0 rings (SSSR count). The molecule has 0 saturated heterocycles. The van der Waals surface area contributed by atoms with E-state index in [-0.39, 0.29) is 48.6 Å². The summed E-state index contributed by atoms with van der Waals surface area (Å²) < 4.78 is 4.66. The maximum Gasteiger partial charge on any atom is 0.313 e. The van der Waals surface area contributed by atoms with Gasteiger partial charge in [-0.05, 0) is 19.4 Å². The van der Waals surface area contributed by atoms with E-state index in [2.05, 4.69) is 11.3 Å². The Kier molecular flexibility index (Phi) is 13.5. The monoisotopic (exact) mass is 324 g/mol. The molecule has 0 radical (unpaired) electrons. The third kappa shape index (κ3) is 16.8. The number of rotatable bonds is 8. The quantitative estimate of drug-likeness (QED) is 0.295. The molecule has 7 heteroatoms. The molecule has 0 heterocycles. The van der Waals surface area contributed by atoms with E-state index in [0.717, 1.165) is 5.57 Å². The van der Waals surface area contributed by atoms with Gasteiger partial charge in [0, 0.05) is 0 Å². The molecular weight excluding hydrogens is 307 g/mol. The zero-order valence-corrected chi connectivity index (χ0v) is 13.1. The zero-order chi connectivity index (χ0) is 16.1. The molecule has 5 nitrogen and oxygen atoms in total. The van der Waals surface area contributed by atoms with Crippen molar-refractivity contribution in [1.29, 1.82) is 0 Å². The lowest BCUT2D eigenvalue weighted by molar-refractivity contribution is -0.144. The first kappa shape index (κ1) is 21.1. The zero-order valence-electron chi connectivity index (χ0n) is 11.5. The number of ketones is 3. The molecule has 0 aromatic heterocycles. The van der Waals surface area contributed by atoms with Crippen LogP contribution in [0.4, 0.5) is 0 Å². The summed E-state index contributed by atoms with van der Waals surface area (Å²) in [6.45, 7) is 6.80. The number of carbonyl (C=O) groups excluding carboxylic acids is 4. The summed E-state index contributed by atoms with van der Waals surface area (Å²) in [6.07, 6.45) is -0.278. The summed E-state index contributed by atoms with van der Waals surface area (Å²) in [4.78, 5) is 41.8. The average Bonchev–Trinajstić information content (AvgIpc) is 2.36. The van der Waals surface area contributed by atoms with Crippen LogP contribution in [0.3, 0.4) is 0 Å². The highest BCUT2D eigenvalue weighted by Crippen LogP contribution is 1.94. The van der Waals surface area contributed by atoms with E-state index in [9.17, 15) is 19.2 Å². The van der Waals surface area contributed by atoms with Crippen LogP contribution in [0.25, 0.3) is 0 Å². The van der Waals surface area contributed by atoms with Crippen LogP contribution in [0.15, 0.2) is 12.2 Å². The number of ether oxygens (including phenoxy) is 1. The van der Waals surface area contributed by atoms with Gasteiger partial charge < -0.3 is 4.74 Å². The van der Waals surface area contributed by atoms with Gasteiger partial charge in [-0.3, -0.25) is 19.2 Å². The Morgan fingerprint density at radius 1 is 0.950 bits per heavy atom. The molecule has 20 heavy (non-hydrogen) atoms. The molecule has 0 amide bonds. The Hall–Kier alpha value is -1.20. The maximum absolute atomic E-state index is 10.8. The summed E-state index contributed by atoms with van der Waals surface area (Å²) in [6, 6.07) is 0. The van der Waals surface area contributed by atoms with Crippen LogP contribution in [0.1, 0.15) is 26.7 Å². The number of Topliss-reactive ketones (excluding diaryl/α,β-unsaturated/α-hetero) is 3. The van der Waals surface area contributed by atoms with Gasteiger partial charge in [0.05, 0.1) is 18.2 Å². The van der Waals surface area contributed by atoms with Gasteiger partial charge in [0.25, 0.3) is 0 Å². The highest BCUT2D eigenvalue weighted by molar-refractivity contribution is 6.29.